The molecule has 3 saturated carbocycles. The molecule has 0 aromatic heterocycles. The summed E-state index contributed by atoms with van der Waals surface area (Å²) in [7, 11) is -0.536. The minimum atomic E-state index is -0.622. The van der Waals surface area contributed by atoms with Crippen LogP contribution >= 0.6 is 0 Å². The molecule has 4 fully saturated rings. The lowest BCUT2D eigenvalue weighted by Gasteiger charge is -2.64. The number of carbonyl (C=O) groups excluding carboxylic acids is 3. The predicted octanol–water partition coefficient (Wildman–Crippen LogP) is 8.00. The molecule has 6 atom stereocenters. The van der Waals surface area contributed by atoms with Gasteiger partial charge in [-0.15, -0.1) is 0 Å². The molecule has 1 heterocycles. The van der Waals surface area contributed by atoms with E-state index >= 15 is 0 Å². The lowest BCUT2D eigenvalue weighted by molar-refractivity contribution is -0.199. The first-order valence-corrected chi connectivity index (χ1v) is 18.2. The van der Waals surface area contributed by atoms with Crippen molar-refractivity contribution in [2.45, 2.75) is 130 Å². The van der Waals surface area contributed by atoms with Crippen molar-refractivity contribution < 1.29 is 23.7 Å². The standard InChI is InChI=1S/C40H56BNO5/c1-7-8-12-29-15-18-30(19-16-29)34(44)24-31(20-22-33(43)21-17-28-13-10-9-11-14-28)38(45)42-37(23-27(2)3)41-46-36-26-32-25-35(39(32,4)5)40(36,6)47-41/h9-11,13-16,18-19,27,31-32,35-37H,7-8,12,17,20-26H2,1-6H3,(H,42,45)/t31-,32+,35+,36-,37+,40+/m1/s1. The predicted molar refractivity (Wildman–Crippen MR) is 188 cm³/mol. The van der Waals surface area contributed by atoms with Gasteiger partial charge in [-0.3, -0.25) is 14.4 Å². The van der Waals surface area contributed by atoms with Crippen molar-refractivity contribution >= 4 is 24.6 Å². The maximum Gasteiger partial charge on any atom is 0.481 e. The van der Waals surface area contributed by atoms with Crippen LogP contribution in [0.5, 0.6) is 0 Å². The smallest absolute Gasteiger partial charge is 0.404 e. The van der Waals surface area contributed by atoms with Gasteiger partial charge in [0, 0.05) is 30.7 Å². The van der Waals surface area contributed by atoms with E-state index in [0.29, 0.717) is 49.0 Å². The van der Waals surface area contributed by atoms with Crippen molar-refractivity contribution in [1.29, 1.82) is 0 Å². The molecule has 2 bridgehead atoms. The van der Waals surface area contributed by atoms with Gasteiger partial charge >= 0.3 is 7.12 Å². The summed E-state index contributed by atoms with van der Waals surface area (Å²) in [5, 5.41) is 3.28. The summed E-state index contributed by atoms with van der Waals surface area (Å²) in [6, 6.07) is 17.8. The van der Waals surface area contributed by atoms with Crippen LogP contribution in [0, 0.1) is 29.1 Å². The van der Waals surface area contributed by atoms with E-state index < -0.39 is 13.0 Å². The SMILES string of the molecule is CCCCc1ccc(C(=O)C[C@@H](CCC(=O)CCc2ccccc2)C(=O)N[C@@H](CC(C)C)B2O[C@@H]3C[C@@H]4C[C@@H](C4(C)C)[C@]3(C)O2)cc1. The monoisotopic (exact) mass is 641 g/mol. The Bertz CT molecular complexity index is 1370. The quantitative estimate of drug-likeness (QED) is 0.140. The molecule has 0 unspecified atom stereocenters. The first-order chi connectivity index (χ1) is 22.4. The third kappa shape index (κ3) is 8.28. The molecule has 7 heteroatoms. The number of benzene rings is 2. The Morgan fingerprint density at radius 1 is 0.936 bits per heavy atom. The topological polar surface area (TPSA) is 81.7 Å². The van der Waals surface area contributed by atoms with Crippen LogP contribution in [0.4, 0.5) is 0 Å². The minimum absolute atomic E-state index is 0.0238. The number of ketones is 2. The Morgan fingerprint density at radius 3 is 2.30 bits per heavy atom. The molecule has 2 aromatic carbocycles. The highest BCUT2D eigenvalue weighted by atomic mass is 16.7. The second-order valence-electron chi connectivity index (χ2n) is 15.8. The number of rotatable bonds is 17. The third-order valence-electron chi connectivity index (χ3n) is 11.6. The van der Waals surface area contributed by atoms with E-state index in [0.717, 1.165) is 31.2 Å². The summed E-state index contributed by atoms with van der Waals surface area (Å²) in [4.78, 5) is 40.7. The normalized spacial score (nSPS) is 25.5. The fourth-order valence-electron chi connectivity index (χ4n) is 8.41. The average Bonchev–Trinajstić information content (AvgIpc) is 3.42. The van der Waals surface area contributed by atoms with Crippen LogP contribution < -0.4 is 5.32 Å². The second-order valence-corrected chi connectivity index (χ2v) is 15.8. The van der Waals surface area contributed by atoms with Crippen LogP contribution in [0.25, 0.3) is 0 Å². The molecule has 1 N–H and O–H groups in total. The molecular weight excluding hydrogens is 585 g/mol. The molecule has 6 nitrogen and oxygen atoms in total. The van der Waals surface area contributed by atoms with E-state index in [1.807, 2.05) is 54.6 Å². The van der Waals surface area contributed by atoms with Crippen LogP contribution in [0.1, 0.15) is 121 Å². The number of unbranched alkanes of at least 4 members (excludes halogenated alkanes) is 1. The summed E-state index contributed by atoms with van der Waals surface area (Å²) >= 11 is 0. The van der Waals surface area contributed by atoms with E-state index in [4.69, 9.17) is 9.31 Å². The second kappa shape index (κ2) is 15.2. The number of hydrogen-bond acceptors (Lipinski definition) is 5. The largest absolute Gasteiger partial charge is 0.481 e. The van der Waals surface area contributed by atoms with Crippen molar-refractivity contribution in [3.05, 3.63) is 71.3 Å². The molecular formula is C40H56BNO5. The van der Waals surface area contributed by atoms with Crippen molar-refractivity contribution in [2.24, 2.45) is 29.1 Å². The van der Waals surface area contributed by atoms with Crippen molar-refractivity contribution in [2.75, 3.05) is 0 Å². The van der Waals surface area contributed by atoms with Gasteiger partial charge < -0.3 is 14.6 Å². The number of nitrogens with one attached hydrogen (secondary N) is 1. The van der Waals surface area contributed by atoms with Crippen molar-refractivity contribution in [3.8, 4) is 0 Å². The highest BCUT2D eigenvalue weighted by Crippen LogP contribution is 2.65. The molecule has 254 valence electrons. The summed E-state index contributed by atoms with van der Waals surface area (Å²) in [5.41, 5.74) is 2.80. The summed E-state index contributed by atoms with van der Waals surface area (Å²) in [6.45, 7) is 13.3. The molecule has 47 heavy (non-hydrogen) atoms. The zero-order valence-corrected chi connectivity index (χ0v) is 29.6. The Kier molecular flexibility index (Phi) is 11.5. The summed E-state index contributed by atoms with van der Waals surface area (Å²) < 4.78 is 13.4. The molecule has 6 rings (SSSR count). The van der Waals surface area contributed by atoms with Crippen LogP contribution in [0.3, 0.4) is 0 Å². The van der Waals surface area contributed by atoms with Crippen LogP contribution in [-0.2, 0) is 31.7 Å². The van der Waals surface area contributed by atoms with E-state index in [1.165, 1.54) is 12.0 Å². The first kappa shape index (κ1) is 35.5. The Labute approximate surface area is 283 Å². The number of aryl methyl sites for hydroxylation is 2. The molecule has 1 aliphatic heterocycles. The average molecular weight is 642 g/mol. The number of amides is 1. The number of Topliss-reactive ketones (excluding diaryl/α,β-unsaturated/α-hetero) is 2. The lowest BCUT2D eigenvalue weighted by Crippen LogP contribution is -2.65. The molecule has 0 spiro atoms. The Hall–Kier alpha value is -2.77. The van der Waals surface area contributed by atoms with Gasteiger partial charge in [-0.05, 0) is 86.2 Å². The van der Waals surface area contributed by atoms with Gasteiger partial charge in [-0.1, -0.05) is 95.6 Å². The fraction of sp³-hybridized carbons (Fsp3) is 0.625. The molecule has 0 radical (unpaired) electrons. The van der Waals surface area contributed by atoms with Gasteiger partial charge in [-0.2, -0.15) is 0 Å². The van der Waals surface area contributed by atoms with Gasteiger partial charge in [0.2, 0.25) is 5.91 Å². The maximum atomic E-state index is 14.1. The van der Waals surface area contributed by atoms with Crippen LogP contribution in [-0.4, -0.2) is 42.2 Å². The minimum Gasteiger partial charge on any atom is -0.404 e. The van der Waals surface area contributed by atoms with Gasteiger partial charge in [0.05, 0.1) is 17.6 Å². The highest BCUT2D eigenvalue weighted by Gasteiger charge is 2.68. The first-order valence-electron chi connectivity index (χ1n) is 18.2. The molecule has 4 aliphatic rings. The lowest BCUT2D eigenvalue weighted by atomic mass is 9.43. The van der Waals surface area contributed by atoms with E-state index in [9.17, 15) is 14.4 Å². The van der Waals surface area contributed by atoms with E-state index in [-0.39, 0.29) is 53.4 Å². The van der Waals surface area contributed by atoms with E-state index in [2.05, 4.69) is 46.9 Å². The van der Waals surface area contributed by atoms with Gasteiger partial charge in [0.1, 0.15) is 5.78 Å². The Balaban J connectivity index is 1.28. The maximum absolute atomic E-state index is 14.1. The van der Waals surface area contributed by atoms with Crippen LogP contribution in [0.2, 0.25) is 0 Å². The zero-order chi connectivity index (χ0) is 33.8. The third-order valence-corrected chi connectivity index (χ3v) is 11.6. The molecule has 1 saturated heterocycles. The summed E-state index contributed by atoms with van der Waals surface area (Å²) in [6.07, 6.45) is 7.84. The molecule has 2 aromatic rings. The zero-order valence-electron chi connectivity index (χ0n) is 29.6. The van der Waals surface area contributed by atoms with Gasteiger partial charge in [0.15, 0.2) is 5.78 Å². The fourth-order valence-corrected chi connectivity index (χ4v) is 8.41. The van der Waals surface area contributed by atoms with Gasteiger partial charge in [0.25, 0.3) is 0 Å². The Morgan fingerprint density at radius 2 is 1.64 bits per heavy atom. The highest BCUT2D eigenvalue weighted by molar-refractivity contribution is 6.47. The molecule has 1 amide bonds. The van der Waals surface area contributed by atoms with Crippen LogP contribution in [0.15, 0.2) is 54.6 Å². The number of hydrogen-bond donors (Lipinski definition) is 1. The molecule has 3 aliphatic carbocycles. The van der Waals surface area contributed by atoms with Gasteiger partial charge in [-0.25, -0.2) is 0 Å². The number of carbonyl (C=O) groups is 3. The van der Waals surface area contributed by atoms with Crippen molar-refractivity contribution in [3.63, 3.8) is 0 Å². The van der Waals surface area contributed by atoms with Crippen molar-refractivity contribution in [1.82, 2.24) is 5.32 Å². The summed E-state index contributed by atoms with van der Waals surface area (Å²) in [5.74, 6) is 0.257. The van der Waals surface area contributed by atoms with E-state index in [1.54, 1.807) is 0 Å².